The number of amides is 2. The van der Waals surface area contributed by atoms with Gasteiger partial charge < -0.3 is 30.7 Å². The van der Waals surface area contributed by atoms with E-state index in [-0.39, 0.29) is 26.8 Å². The fourth-order valence-corrected chi connectivity index (χ4v) is 4.52. The number of thioether (sulfide) groups is 1. The van der Waals surface area contributed by atoms with Crippen LogP contribution in [0.5, 0.6) is 0 Å². The first-order valence-corrected chi connectivity index (χ1v) is 11.8. The van der Waals surface area contributed by atoms with Crippen molar-refractivity contribution < 1.29 is 42.8 Å². The quantitative estimate of drug-likeness (QED) is 0.336. The molecule has 1 aliphatic rings. The molecule has 196 valence electrons. The first-order valence-electron chi connectivity index (χ1n) is 10.5. The number of carbonyl (C=O) groups is 2. The number of fused-ring (bicyclic) bond motifs is 1. The molecule has 0 saturated carbocycles. The van der Waals surface area contributed by atoms with Gasteiger partial charge in [-0.25, -0.2) is 0 Å². The van der Waals surface area contributed by atoms with Gasteiger partial charge in [0.2, 0.25) is 5.91 Å². The van der Waals surface area contributed by atoms with Crippen molar-refractivity contribution in [3.63, 3.8) is 0 Å². The molecule has 1 aromatic carbocycles. The number of allylic oxidation sites excluding steroid dienone is 1. The van der Waals surface area contributed by atoms with Gasteiger partial charge in [-0.05, 0) is 17.5 Å². The Kier molecular flexibility index (Phi) is 9.65. The van der Waals surface area contributed by atoms with Crippen LogP contribution in [-0.4, -0.2) is 70.5 Å². The summed E-state index contributed by atoms with van der Waals surface area (Å²) in [6, 6.07) is 0.273. The van der Waals surface area contributed by atoms with E-state index in [0.717, 1.165) is 31.0 Å². The van der Waals surface area contributed by atoms with Gasteiger partial charge in [-0.1, -0.05) is 44.5 Å². The molecular weight excluding hydrogens is 513 g/mol. The normalized spacial score (nSPS) is 20.4. The lowest BCUT2D eigenvalue weighted by Gasteiger charge is -2.28. The van der Waals surface area contributed by atoms with Crippen LogP contribution >= 0.6 is 23.4 Å². The van der Waals surface area contributed by atoms with Gasteiger partial charge >= 0.3 is 6.18 Å². The van der Waals surface area contributed by atoms with Crippen molar-refractivity contribution in [2.75, 3.05) is 18.2 Å². The molecule has 0 bridgehead atoms. The molecule has 1 heterocycles. The SMILES string of the molecule is CO[C@@H](C(=O)NC1CSc2c(Cl)cc(C(F)(F)F)cc2NC1=O)[C@H](O)[C@@H](O)[C@H](O)/C=C/C(C)(C)C. The molecule has 13 heteroatoms. The Bertz CT molecular complexity index is 970. The zero-order valence-electron chi connectivity index (χ0n) is 19.4. The van der Waals surface area contributed by atoms with Crippen LogP contribution in [0.4, 0.5) is 18.9 Å². The number of halogens is 4. The lowest BCUT2D eigenvalue weighted by atomic mass is 9.94. The van der Waals surface area contributed by atoms with E-state index in [0.29, 0.717) is 0 Å². The van der Waals surface area contributed by atoms with Crippen LogP contribution in [0.25, 0.3) is 0 Å². The average molecular weight is 541 g/mol. The van der Waals surface area contributed by atoms with E-state index in [9.17, 15) is 38.1 Å². The van der Waals surface area contributed by atoms with E-state index < -0.39 is 54.0 Å². The Hall–Kier alpha value is -1.83. The summed E-state index contributed by atoms with van der Waals surface area (Å²) < 4.78 is 44.3. The van der Waals surface area contributed by atoms with Gasteiger partial charge in [0, 0.05) is 17.8 Å². The molecule has 0 radical (unpaired) electrons. The van der Waals surface area contributed by atoms with Gasteiger partial charge in [0.05, 0.1) is 16.3 Å². The van der Waals surface area contributed by atoms with Gasteiger partial charge in [0.15, 0.2) is 6.10 Å². The highest BCUT2D eigenvalue weighted by Crippen LogP contribution is 2.41. The molecule has 0 fully saturated rings. The van der Waals surface area contributed by atoms with Gasteiger partial charge in [-0.2, -0.15) is 13.2 Å². The third-order valence-electron chi connectivity index (χ3n) is 4.97. The van der Waals surface area contributed by atoms with E-state index in [1.54, 1.807) is 6.08 Å². The van der Waals surface area contributed by atoms with Crippen LogP contribution in [0.1, 0.15) is 26.3 Å². The number of hydrogen-bond donors (Lipinski definition) is 5. The molecule has 5 N–H and O–H groups in total. The highest BCUT2D eigenvalue weighted by atomic mass is 35.5. The van der Waals surface area contributed by atoms with Crippen LogP contribution < -0.4 is 10.6 Å². The molecule has 5 atom stereocenters. The van der Waals surface area contributed by atoms with Crippen molar-refractivity contribution >= 4 is 40.9 Å². The van der Waals surface area contributed by atoms with Crippen LogP contribution in [0.2, 0.25) is 5.02 Å². The first-order chi connectivity index (χ1) is 16.0. The molecule has 0 saturated heterocycles. The van der Waals surface area contributed by atoms with Crippen molar-refractivity contribution in [1.29, 1.82) is 0 Å². The summed E-state index contributed by atoms with van der Waals surface area (Å²) in [6.45, 7) is 5.57. The zero-order valence-corrected chi connectivity index (χ0v) is 21.0. The van der Waals surface area contributed by atoms with Crippen LogP contribution in [-0.2, 0) is 20.5 Å². The Morgan fingerprint density at radius 2 is 1.89 bits per heavy atom. The summed E-state index contributed by atoms with van der Waals surface area (Å²) in [7, 11) is 1.09. The number of anilines is 1. The maximum Gasteiger partial charge on any atom is 0.416 e. The third kappa shape index (κ3) is 7.83. The Labute approximate surface area is 209 Å². The molecule has 2 amide bonds. The minimum Gasteiger partial charge on any atom is -0.387 e. The van der Waals surface area contributed by atoms with Crippen molar-refractivity contribution in [2.24, 2.45) is 5.41 Å². The first kappa shape index (κ1) is 29.4. The molecule has 8 nitrogen and oxygen atoms in total. The maximum absolute atomic E-state index is 13.1. The number of hydrogen-bond acceptors (Lipinski definition) is 7. The average Bonchev–Trinajstić information content (AvgIpc) is 2.89. The summed E-state index contributed by atoms with van der Waals surface area (Å²) in [5, 5.41) is 35.3. The second kappa shape index (κ2) is 11.5. The van der Waals surface area contributed by atoms with E-state index in [2.05, 4.69) is 10.6 Å². The number of aliphatic hydroxyl groups excluding tert-OH is 3. The fraction of sp³-hybridized carbons (Fsp3) is 0.545. The van der Waals surface area contributed by atoms with Gasteiger partial charge in [0.25, 0.3) is 5.91 Å². The van der Waals surface area contributed by atoms with E-state index in [4.69, 9.17) is 16.3 Å². The molecule has 1 unspecified atom stereocenters. The number of rotatable bonds is 7. The lowest BCUT2D eigenvalue weighted by Crippen LogP contribution is -2.55. The third-order valence-corrected chi connectivity index (χ3v) is 6.61. The highest BCUT2D eigenvalue weighted by molar-refractivity contribution is 7.99. The van der Waals surface area contributed by atoms with Gasteiger partial charge in [-0.15, -0.1) is 11.8 Å². The highest BCUT2D eigenvalue weighted by Gasteiger charge is 2.38. The van der Waals surface area contributed by atoms with Crippen LogP contribution in [0, 0.1) is 5.41 Å². The topological polar surface area (TPSA) is 128 Å². The largest absolute Gasteiger partial charge is 0.416 e. The second-order valence-corrected chi connectivity index (χ2v) is 10.5. The molecule has 35 heavy (non-hydrogen) atoms. The minimum atomic E-state index is -4.68. The van der Waals surface area contributed by atoms with Gasteiger partial charge in [-0.3, -0.25) is 9.59 Å². The molecule has 0 aliphatic carbocycles. The molecule has 1 aromatic rings. The van der Waals surface area contributed by atoms with Crippen molar-refractivity contribution in [3.05, 3.63) is 34.9 Å². The summed E-state index contributed by atoms with van der Waals surface area (Å²) in [5.41, 5.74) is -1.50. The van der Waals surface area contributed by atoms with Crippen molar-refractivity contribution in [1.82, 2.24) is 5.32 Å². The molecule has 0 aromatic heterocycles. The Balaban J connectivity index is 2.14. The number of ether oxygens (including phenoxy) is 1. The minimum absolute atomic E-state index is 0.0817. The van der Waals surface area contributed by atoms with Crippen LogP contribution in [0.15, 0.2) is 29.2 Å². The number of aliphatic hydroxyl groups is 3. The van der Waals surface area contributed by atoms with Crippen molar-refractivity contribution in [3.8, 4) is 0 Å². The fourth-order valence-electron chi connectivity index (χ4n) is 3.10. The smallest absolute Gasteiger partial charge is 0.387 e. The predicted molar refractivity (Wildman–Crippen MR) is 125 cm³/mol. The number of nitrogens with one attached hydrogen (secondary N) is 2. The lowest BCUT2D eigenvalue weighted by molar-refractivity contribution is -0.150. The predicted octanol–water partition coefficient (Wildman–Crippen LogP) is 2.59. The van der Waals surface area contributed by atoms with E-state index >= 15 is 0 Å². The number of methoxy groups -OCH3 is 1. The molecule has 1 aliphatic heterocycles. The summed E-state index contributed by atoms with van der Waals surface area (Å²) >= 11 is 6.95. The van der Waals surface area contributed by atoms with E-state index in [1.165, 1.54) is 6.08 Å². The second-order valence-electron chi connectivity index (χ2n) is 9.05. The maximum atomic E-state index is 13.1. The number of benzene rings is 1. The Morgan fingerprint density at radius 1 is 1.26 bits per heavy atom. The summed E-state index contributed by atoms with van der Waals surface area (Å²) in [4.78, 5) is 25.6. The number of alkyl halides is 3. The number of carbonyl (C=O) groups excluding carboxylic acids is 2. The van der Waals surface area contributed by atoms with Crippen LogP contribution in [0.3, 0.4) is 0 Å². The summed E-state index contributed by atoms with van der Waals surface area (Å²) in [5.74, 6) is -1.86. The van der Waals surface area contributed by atoms with Gasteiger partial charge in [0.1, 0.15) is 24.4 Å². The molecule has 0 spiro atoms. The standard InChI is InChI=1S/C22H28ClF3N2O6S/c1-21(2,3)6-5-14(29)15(30)16(31)17(34-4)20(33)28-13-9-35-18-11(23)7-10(22(24,25)26)8-12(18)27-19(13)32/h5-8,13-17,29-31H,9H2,1-4H3,(H,27,32)(H,28,33)/b6-5+/t13?,14-,15+,16-,17-/m1/s1. The summed E-state index contributed by atoms with van der Waals surface area (Å²) in [6.07, 6.45) is -8.59. The van der Waals surface area contributed by atoms with Crippen molar-refractivity contribution in [2.45, 2.75) is 62.3 Å². The molecule has 2 rings (SSSR count). The molecular formula is C22H28ClF3N2O6S. The Morgan fingerprint density at radius 3 is 2.43 bits per heavy atom. The van der Waals surface area contributed by atoms with E-state index in [1.807, 2.05) is 20.8 Å². The monoisotopic (exact) mass is 540 g/mol. The zero-order chi connectivity index (χ0) is 26.7.